The monoisotopic (exact) mass is 415 g/mol. The third kappa shape index (κ3) is 3.15. The number of benzene rings is 1. The maximum atomic E-state index is 11.5. The SMILES string of the molecule is Cn1cnc2cnc3ccc(-c4ccc(CNc5nccnc5C(N)=O)s4)cc3c21. The third-order valence-electron chi connectivity index (χ3n) is 4.85. The number of primary amides is 1. The average molecular weight is 415 g/mol. The number of carbonyl (C=O) groups is 1. The molecular formula is C21H17N7OS. The van der Waals surface area contributed by atoms with E-state index in [9.17, 15) is 4.79 Å². The van der Waals surface area contributed by atoms with E-state index in [0.29, 0.717) is 12.4 Å². The average Bonchev–Trinajstić information content (AvgIpc) is 3.39. The number of rotatable bonds is 5. The highest BCUT2D eigenvalue weighted by atomic mass is 32.1. The molecule has 1 aromatic carbocycles. The first kappa shape index (κ1) is 18.2. The highest BCUT2D eigenvalue weighted by Gasteiger charge is 2.12. The van der Waals surface area contributed by atoms with E-state index in [1.54, 1.807) is 23.9 Å². The van der Waals surface area contributed by atoms with Crippen LogP contribution >= 0.6 is 11.3 Å². The van der Waals surface area contributed by atoms with Crippen LogP contribution in [0.25, 0.3) is 32.4 Å². The normalized spacial score (nSPS) is 11.2. The van der Waals surface area contributed by atoms with Crippen molar-refractivity contribution < 1.29 is 4.79 Å². The lowest BCUT2D eigenvalue weighted by molar-refractivity contribution is 0.0996. The van der Waals surface area contributed by atoms with Gasteiger partial charge in [-0.1, -0.05) is 6.07 Å². The van der Waals surface area contributed by atoms with Gasteiger partial charge in [-0.25, -0.2) is 15.0 Å². The summed E-state index contributed by atoms with van der Waals surface area (Å²) in [7, 11) is 1.99. The topological polar surface area (TPSA) is 112 Å². The second kappa shape index (κ2) is 7.20. The Bertz CT molecular complexity index is 1410. The van der Waals surface area contributed by atoms with E-state index < -0.39 is 5.91 Å². The summed E-state index contributed by atoms with van der Waals surface area (Å²) in [6.45, 7) is 0.519. The number of nitrogens with two attached hydrogens (primary N) is 1. The molecule has 0 saturated carbocycles. The number of thiophene rings is 1. The van der Waals surface area contributed by atoms with Crippen molar-refractivity contribution in [2.24, 2.45) is 12.8 Å². The number of nitrogens with zero attached hydrogens (tertiary/aromatic N) is 5. The second-order valence-corrected chi connectivity index (χ2v) is 7.99. The molecule has 0 bridgehead atoms. The van der Waals surface area contributed by atoms with Gasteiger partial charge in [0, 0.05) is 34.6 Å². The van der Waals surface area contributed by atoms with Crippen molar-refractivity contribution >= 4 is 45.0 Å². The summed E-state index contributed by atoms with van der Waals surface area (Å²) in [6, 6.07) is 10.4. The first-order valence-electron chi connectivity index (χ1n) is 9.24. The lowest BCUT2D eigenvalue weighted by atomic mass is 10.1. The van der Waals surface area contributed by atoms with Crippen LogP contribution in [0.2, 0.25) is 0 Å². The summed E-state index contributed by atoms with van der Waals surface area (Å²) in [5, 5.41) is 4.22. The van der Waals surface area contributed by atoms with Gasteiger partial charge < -0.3 is 15.6 Å². The van der Waals surface area contributed by atoms with Crippen LogP contribution in [-0.2, 0) is 13.6 Å². The summed E-state index contributed by atoms with van der Waals surface area (Å²) < 4.78 is 2.02. The molecule has 0 saturated heterocycles. The predicted molar refractivity (Wildman–Crippen MR) is 117 cm³/mol. The van der Waals surface area contributed by atoms with Gasteiger partial charge in [0.2, 0.25) is 0 Å². The Labute approximate surface area is 175 Å². The maximum absolute atomic E-state index is 11.5. The quantitative estimate of drug-likeness (QED) is 0.455. The molecule has 0 spiro atoms. The van der Waals surface area contributed by atoms with Crippen molar-refractivity contribution in [2.45, 2.75) is 6.54 Å². The number of imidazole rings is 1. The zero-order chi connectivity index (χ0) is 20.7. The zero-order valence-electron chi connectivity index (χ0n) is 16.0. The minimum atomic E-state index is -0.608. The van der Waals surface area contributed by atoms with Crippen molar-refractivity contribution in [3.8, 4) is 10.4 Å². The summed E-state index contributed by atoms with van der Waals surface area (Å²) in [4.78, 5) is 30.8. The first-order valence-corrected chi connectivity index (χ1v) is 10.1. The Balaban J connectivity index is 1.44. The van der Waals surface area contributed by atoms with Gasteiger partial charge in [0.05, 0.1) is 30.1 Å². The Morgan fingerprint density at radius 3 is 2.83 bits per heavy atom. The molecule has 8 nitrogen and oxygen atoms in total. The van der Waals surface area contributed by atoms with Crippen LogP contribution in [0.5, 0.6) is 0 Å². The van der Waals surface area contributed by atoms with E-state index in [4.69, 9.17) is 5.73 Å². The molecule has 4 aromatic heterocycles. The summed E-state index contributed by atoms with van der Waals surface area (Å²) in [5.74, 6) is -0.223. The molecule has 0 fully saturated rings. The fourth-order valence-electron chi connectivity index (χ4n) is 3.44. The molecule has 0 radical (unpaired) electrons. The van der Waals surface area contributed by atoms with E-state index in [-0.39, 0.29) is 5.69 Å². The highest BCUT2D eigenvalue weighted by molar-refractivity contribution is 7.15. The number of hydrogen-bond donors (Lipinski definition) is 2. The lowest BCUT2D eigenvalue weighted by Gasteiger charge is -2.06. The molecule has 30 heavy (non-hydrogen) atoms. The van der Waals surface area contributed by atoms with E-state index in [0.717, 1.165) is 37.3 Å². The molecule has 3 N–H and O–H groups in total. The molecule has 0 aliphatic carbocycles. The van der Waals surface area contributed by atoms with Crippen molar-refractivity contribution in [1.29, 1.82) is 0 Å². The van der Waals surface area contributed by atoms with Gasteiger partial charge in [-0.3, -0.25) is 9.78 Å². The zero-order valence-corrected chi connectivity index (χ0v) is 16.8. The van der Waals surface area contributed by atoms with Gasteiger partial charge in [0.1, 0.15) is 5.52 Å². The van der Waals surface area contributed by atoms with E-state index in [2.05, 4.69) is 49.5 Å². The Morgan fingerprint density at radius 1 is 1.10 bits per heavy atom. The highest BCUT2D eigenvalue weighted by Crippen LogP contribution is 2.32. The smallest absolute Gasteiger partial charge is 0.271 e. The van der Waals surface area contributed by atoms with Crippen LogP contribution in [-0.4, -0.2) is 30.4 Å². The molecule has 4 heterocycles. The van der Waals surface area contributed by atoms with Gasteiger partial charge >= 0.3 is 0 Å². The predicted octanol–water partition coefficient (Wildman–Crippen LogP) is 3.35. The number of amides is 1. The Hall–Kier alpha value is -3.85. The van der Waals surface area contributed by atoms with Crippen LogP contribution in [0.1, 0.15) is 15.4 Å². The first-order chi connectivity index (χ1) is 14.6. The van der Waals surface area contributed by atoms with Gasteiger partial charge in [0.15, 0.2) is 11.5 Å². The fourth-order valence-corrected chi connectivity index (χ4v) is 4.38. The molecule has 5 rings (SSSR count). The number of aryl methyl sites for hydroxylation is 1. The Kier molecular flexibility index (Phi) is 4.36. The standard InChI is InChI=1S/C21H17N7OS/c1-28-11-27-16-10-25-15-4-2-12(8-14(15)19(16)28)17-5-3-13(30-17)9-26-21-18(20(22)29)23-6-7-24-21/h2-8,10-11H,9H2,1H3,(H2,22,29)(H,24,26). The largest absolute Gasteiger partial charge is 0.364 e. The van der Waals surface area contributed by atoms with Crippen molar-refractivity contribution in [2.75, 3.05) is 5.32 Å². The van der Waals surface area contributed by atoms with Crippen LogP contribution in [0.15, 0.2) is 55.2 Å². The van der Waals surface area contributed by atoms with E-state index in [1.165, 1.54) is 12.4 Å². The van der Waals surface area contributed by atoms with Crippen molar-refractivity contribution in [3.63, 3.8) is 0 Å². The molecule has 0 atom stereocenters. The van der Waals surface area contributed by atoms with Crippen LogP contribution in [0.4, 0.5) is 5.82 Å². The molecule has 0 aliphatic rings. The number of aromatic nitrogens is 5. The lowest BCUT2D eigenvalue weighted by Crippen LogP contribution is -2.17. The van der Waals surface area contributed by atoms with Gasteiger partial charge in [0.25, 0.3) is 5.91 Å². The van der Waals surface area contributed by atoms with Crippen LogP contribution in [0, 0.1) is 0 Å². The maximum Gasteiger partial charge on any atom is 0.271 e. The number of carbonyl (C=O) groups excluding carboxylic acids is 1. The minimum Gasteiger partial charge on any atom is -0.364 e. The number of hydrogen-bond acceptors (Lipinski definition) is 7. The molecule has 9 heteroatoms. The third-order valence-corrected chi connectivity index (χ3v) is 5.99. The molecule has 0 unspecified atom stereocenters. The minimum absolute atomic E-state index is 0.136. The number of nitrogens with one attached hydrogen (secondary N) is 1. The van der Waals surface area contributed by atoms with Gasteiger partial charge in [-0.05, 0) is 29.8 Å². The number of fused-ring (bicyclic) bond motifs is 3. The summed E-state index contributed by atoms with van der Waals surface area (Å²) in [6.07, 6.45) is 6.58. The number of anilines is 1. The van der Waals surface area contributed by atoms with Crippen molar-refractivity contribution in [1.82, 2.24) is 24.5 Å². The molecule has 1 amide bonds. The molecule has 5 aromatic rings. The Morgan fingerprint density at radius 2 is 1.97 bits per heavy atom. The van der Waals surface area contributed by atoms with Crippen LogP contribution in [0.3, 0.4) is 0 Å². The summed E-state index contributed by atoms with van der Waals surface area (Å²) in [5.41, 5.74) is 9.51. The summed E-state index contributed by atoms with van der Waals surface area (Å²) >= 11 is 1.67. The van der Waals surface area contributed by atoms with Gasteiger partial charge in [-0.15, -0.1) is 11.3 Å². The van der Waals surface area contributed by atoms with Crippen LogP contribution < -0.4 is 11.1 Å². The second-order valence-electron chi connectivity index (χ2n) is 6.82. The molecule has 0 aliphatic heterocycles. The van der Waals surface area contributed by atoms with Crippen molar-refractivity contribution in [3.05, 3.63) is 65.8 Å². The molecular weight excluding hydrogens is 398 g/mol. The molecule has 148 valence electrons. The van der Waals surface area contributed by atoms with E-state index in [1.807, 2.05) is 17.7 Å². The van der Waals surface area contributed by atoms with E-state index >= 15 is 0 Å². The number of pyridine rings is 1. The van der Waals surface area contributed by atoms with Gasteiger partial charge in [-0.2, -0.15) is 0 Å². The fraction of sp³-hybridized carbons (Fsp3) is 0.0952.